The lowest BCUT2D eigenvalue weighted by atomic mass is 10.0. The van der Waals surface area contributed by atoms with Crippen molar-refractivity contribution in [3.05, 3.63) is 65.0 Å². The van der Waals surface area contributed by atoms with Crippen LogP contribution < -0.4 is 4.74 Å². The van der Waals surface area contributed by atoms with E-state index < -0.39 is 5.82 Å². The Morgan fingerprint density at radius 3 is 2.50 bits per heavy atom. The van der Waals surface area contributed by atoms with Crippen molar-refractivity contribution in [2.24, 2.45) is 0 Å². The van der Waals surface area contributed by atoms with Gasteiger partial charge in [-0.2, -0.15) is 0 Å². The zero-order chi connectivity index (χ0) is 14.5. The van der Waals surface area contributed by atoms with Crippen molar-refractivity contribution in [1.29, 1.82) is 0 Å². The van der Waals surface area contributed by atoms with Crippen LogP contribution in [0.2, 0.25) is 0 Å². The van der Waals surface area contributed by atoms with Gasteiger partial charge in [-0.3, -0.25) is 4.79 Å². The highest BCUT2D eigenvalue weighted by Gasteiger charge is 2.14. The summed E-state index contributed by atoms with van der Waals surface area (Å²) >= 11 is 0. The first kappa shape index (κ1) is 14.3. The van der Waals surface area contributed by atoms with Crippen molar-refractivity contribution < 1.29 is 13.9 Å². The van der Waals surface area contributed by atoms with Gasteiger partial charge in [-0.1, -0.05) is 18.6 Å². The van der Waals surface area contributed by atoms with Crippen LogP contribution in [0.25, 0.3) is 0 Å². The van der Waals surface area contributed by atoms with E-state index in [1.54, 1.807) is 36.4 Å². The molecule has 0 unspecified atom stereocenters. The van der Waals surface area contributed by atoms with Crippen molar-refractivity contribution in [3.8, 4) is 5.75 Å². The maximum Gasteiger partial charge on any atom is 0.195 e. The second-order valence-corrected chi connectivity index (χ2v) is 4.69. The molecule has 0 aliphatic heterocycles. The Bertz CT molecular complexity index is 603. The lowest BCUT2D eigenvalue weighted by molar-refractivity contribution is 0.103. The fourth-order valence-electron chi connectivity index (χ4n) is 1.89. The first-order valence-corrected chi connectivity index (χ1v) is 6.65. The largest absolute Gasteiger partial charge is 0.494 e. The van der Waals surface area contributed by atoms with Crippen LogP contribution in [0.15, 0.2) is 42.5 Å². The van der Waals surface area contributed by atoms with Crippen LogP contribution in [0.3, 0.4) is 0 Å². The van der Waals surface area contributed by atoms with E-state index in [4.69, 9.17) is 4.74 Å². The van der Waals surface area contributed by atoms with Gasteiger partial charge in [0.15, 0.2) is 5.78 Å². The SMILES string of the molecule is CCCOc1ccc(C(=O)c2cc(C)ccc2F)cc1. The maximum atomic E-state index is 13.7. The van der Waals surface area contributed by atoms with E-state index in [9.17, 15) is 9.18 Å². The normalized spacial score (nSPS) is 10.3. The first-order valence-electron chi connectivity index (χ1n) is 6.65. The molecule has 0 bridgehead atoms. The third-order valence-electron chi connectivity index (χ3n) is 2.96. The molecule has 0 aliphatic carbocycles. The zero-order valence-electron chi connectivity index (χ0n) is 11.7. The van der Waals surface area contributed by atoms with E-state index in [0.29, 0.717) is 17.9 Å². The summed E-state index contributed by atoms with van der Waals surface area (Å²) in [5.74, 6) is -0.0896. The van der Waals surface area contributed by atoms with Gasteiger partial charge in [-0.15, -0.1) is 0 Å². The summed E-state index contributed by atoms with van der Waals surface area (Å²) in [5.41, 5.74) is 1.42. The molecule has 0 saturated carbocycles. The van der Waals surface area contributed by atoms with Gasteiger partial charge < -0.3 is 4.74 Å². The molecule has 0 saturated heterocycles. The molecule has 0 amide bonds. The van der Waals surface area contributed by atoms with Crippen molar-refractivity contribution in [1.82, 2.24) is 0 Å². The van der Waals surface area contributed by atoms with Gasteiger partial charge in [0.05, 0.1) is 12.2 Å². The number of ether oxygens (including phenoxy) is 1. The molecule has 104 valence electrons. The minimum Gasteiger partial charge on any atom is -0.494 e. The fraction of sp³-hybridized carbons (Fsp3) is 0.235. The van der Waals surface area contributed by atoms with Crippen molar-refractivity contribution >= 4 is 5.78 Å². The van der Waals surface area contributed by atoms with Gasteiger partial charge in [-0.25, -0.2) is 4.39 Å². The van der Waals surface area contributed by atoms with E-state index in [1.165, 1.54) is 6.07 Å². The van der Waals surface area contributed by atoms with Crippen LogP contribution in [-0.2, 0) is 0 Å². The van der Waals surface area contributed by atoms with E-state index in [1.807, 2.05) is 13.8 Å². The van der Waals surface area contributed by atoms with Crippen LogP contribution in [-0.4, -0.2) is 12.4 Å². The molecule has 0 radical (unpaired) electrons. The van der Waals surface area contributed by atoms with Gasteiger partial charge in [0, 0.05) is 5.56 Å². The number of rotatable bonds is 5. The number of ketones is 1. The van der Waals surface area contributed by atoms with Gasteiger partial charge in [0.2, 0.25) is 0 Å². The number of carbonyl (C=O) groups is 1. The molecule has 0 heterocycles. The molecule has 20 heavy (non-hydrogen) atoms. The molecule has 2 aromatic carbocycles. The van der Waals surface area contributed by atoms with Gasteiger partial charge in [0.1, 0.15) is 11.6 Å². The number of carbonyl (C=O) groups excluding carboxylic acids is 1. The van der Waals surface area contributed by atoms with E-state index in [-0.39, 0.29) is 11.3 Å². The fourth-order valence-corrected chi connectivity index (χ4v) is 1.89. The van der Waals surface area contributed by atoms with Crippen molar-refractivity contribution in [2.75, 3.05) is 6.61 Å². The highest BCUT2D eigenvalue weighted by atomic mass is 19.1. The lowest BCUT2D eigenvalue weighted by Gasteiger charge is -2.07. The Labute approximate surface area is 118 Å². The number of hydrogen-bond acceptors (Lipinski definition) is 2. The van der Waals surface area contributed by atoms with Gasteiger partial charge in [0.25, 0.3) is 0 Å². The zero-order valence-corrected chi connectivity index (χ0v) is 11.7. The van der Waals surface area contributed by atoms with Crippen LogP contribution in [0.1, 0.15) is 34.8 Å². The van der Waals surface area contributed by atoms with E-state index >= 15 is 0 Å². The van der Waals surface area contributed by atoms with Gasteiger partial charge >= 0.3 is 0 Å². The number of halogens is 1. The Kier molecular flexibility index (Phi) is 4.51. The smallest absolute Gasteiger partial charge is 0.195 e. The van der Waals surface area contributed by atoms with E-state index in [2.05, 4.69) is 0 Å². The molecule has 0 aromatic heterocycles. The van der Waals surface area contributed by atoms with Crippen LogP contribution in [0.4, 0.5) is 4.39 Å². The van der Waals surface area contributed by atoms with Crippen LogP contribution in [0, 0.1) is 12.7 Å². The Balaban J connectivity index is 2.22. The van der Waals surface area contributed by atoms with Crippen LogP contribution in [0.5, 0.6) is 5.75 Å². The molecule has 3 heteroatoms. The number of hydrogen-bond donors (Lipinski definition) is 0. The minimum atomic E-state index is -0.494. The summed E-state index contributed by atoms with van der Waals surface area (Å²) in [4.78, 5) is 12.3. The average Bonchev–Trinajstić information content (AvgIpc) is 2.47. The molecule has 0 spiro atoms. The Morgan fingerprint density at radius 2 is 1.85 bits per heavy atom. The summed E-state index contributed by atoms with van der Waals surface area (Å²) < 4.78 is 19.2. The first-order chi connectivity index (χ1) is 9.61. The maximum absolute atomic E-state index is 13.7. The second-order valence-electron chi connectivity index (χ2n) is 4.69. The molecule has 0 N–H and O–H groups in total. The topological polar surface area (TPSA) is 26.3 Å². The predicted octanol–water partition coefficient (Wildman–Crippen LogP) is 4.15. The quantitative estimate of drug-likeness (QED) is 0.764. The highest BCUT2D eigenvalue weighted by molar-refractivity contribution is 6.09. The second kappa shape index (κ2) is 6.33. The third kappa shape index (κ3) is 3.23. The monoisotopic (exact) mass is 272 g/mol. The number of aryl methyl sites for hydroxylation is 1. The summed E-state index contributed by atoms with van der Waals surface area (Å²) in [6, 6.07) is 11.3. The molecular weight excluding hydrogens is 255 g/mol. The van der Waals surface area contributed by atoms with Gasteiger partial charge in [-0.05, 0) is 49.7 Å². The predicted molar refractivity (Wildman–Crippen MR) is 76.8 cm³/mol. The number of benzene rings is 2. The Hall–Kier alpha value is -2.16. The van der Waals surface area contributed by atoms with Crippen LogP contribution >= 0.6 is 0 Å². The van der Waals surface area contributed by atoms with E-state index in [0.717, 1.165) is 12.0 Å². The van der Waals surface area contributed by atoms with Crippen molar-refractivity contribution in [2.45, 2.75) is 20.3 Å². The highest BCUT2D eigenvalue weighted by Crippen LogP contribution is 2.18. The summed E-state index contributed by atoms with van der Waals surface area (Å²) in [7, 11) is 0. The minimum absolute atomic E-state index is 0.104. The lowest BCUT2D eigenvalue weighted by Crippen LogP contribution is -2.05. The molecular formula is C17H17FO2. The molecule has 0 atom stereocenters. The molecule has 2 rings (SSSR count). The summed E-state index contributed by atoms with van der Waals surface area (Å²) in [5, 5.41) is 0. The summed E-state index contributed by atoms with van der Waals surface area (Å²) in [6.45, 7) is 4.50. The van der Waals surface area contributed by atoms with Crippen molar-refractivity contribution in [3.63, 3.8) is 0 Å². The Morgan fingerprint density at radius 1 is 1.15 bits per heavy atom. The molecule has 2 aromatic rings. The summed E-state index contributed by atoms with van der Waals surface area (Å²) in [6.07, 6.45) is 0.926. The molecule has 0 fully saturated rings. The standard InChI is InChI=1S/C17H17FO2/c1-3-10-20-14-7-5-13(6-8-14)17(19)15-11-12(2)4-9-16(15)18/h4-9,11H,3,10H2,1-2H3. The average molecular weight is 272 g/mol. The molecule has 2 nitrogen and oxygen atoms in total. The third-order valence-corrected chi connectivity index (χ3v) is 2.96. The molecule has 0 aliphatic rings.